The summed E-state index contributed by atoms with van der Waals surface area (Å²) < 4.78 is 5.34. The van der Waals surface area contributed by atoms with Crippen LogP contribution in [0.15, 0.2) is 30.3 Å². The van der Waals surface area contributed by atoms with Gasteiger partial charge in [0.1, 0.15) is 5.75 Å². The van der Waals surface area contributed by atoms with Gasteiger partial charge in [0, 0.05) is 11.1 Å². The summed E-state index contributed by atoms with van der Waals surface area (Å²) in [6, 6.07) is 5.58. The van der Waals surface area contributed by atoms with Gasteiger partial charge >= 0.3 is 6.00 Å². The second-order valence-corrected chi connectivity index (χ2v) is 13.6. The van der Waals surface area contributed by atoms with Gasteiger partial charge in [0.25, 0.3) is 0 Å². The van der Waals surface area contributed by atoms with Crippen molar-refractivity contribution in [3.8, 4) is 16.9 Å². The van der Waals surface area contributed by atoms with Gasteiger partial charge in [-0.15, -0.1) is 33.2 Å². The molecule has 0 fully saturated rings. The molecule has 112 valence electrons. The number of rotatable bonds is 3. The van der Waals surface area contributed by atoms with E-state index in [4.69, 9.17) is 72.8 Å². The molecule has 0 unspecified atom stereocenters. The van der Waals surface area contributed by atoms with Gasteiger partial charge in [-0.3, -0.25) is 0 Å². The number of hydrogen-bond donors (Lipinski definition) is 0. The summed E-state index contributed by atoms with van der Waals surface area (Å²) in [6.45, 7) is 0. The second-order valence-electron chi connectivity index (χ2n) is 4.11. The third-order valence-electron chi connectivity index (χ3n) is 2.84. The van der Waals surface area contributed by atoms with Crippen molar-refractivity contribution in [2.75, 3.05) is 7.11 Å². The molecule has 0 amide bonds. The molecule has 8 heteroatoms. The Balaban J connectivity index is 2.87. The fraction of sp³-hybridized carbons (Fsp3) is 0.0769. The maximum atomic E-state index is 6.35. The first-order valence-electron chi connectivity index (χ1n) is 5.65. The Morgan fingerprint density at radius 2 is 1.57 bits per heavy atom. The average Bonchev–Trinajstić information content (AvgIpc) is 2.43. The van der Waals surface area contributed by atoms with Crippen molar-refractivity contribution in [3.63, 3.8) is 0 Å². The summed E-state index contributed by atoms with van der Waals surface area (Å²) in [4.78, 5) is 0. The smallest absolute Gasteiger partial charge is 0.373 e. The molecule has 2 aromatic carbocycles. The molecule has 0 saturated carbocycles. The Bertz CT molecular complexity index is 683. The van der Waals surface area contributed by atoms with Crippen LogP contribution in [0.25, 0.3) is 11.1 Å². The van der Waals surface area contributed by atoms with Crippen molar-refractivity contribution >= 4 is 79.2 Å². The normalized spacial score (nSPS) is 11.6. The van der Waals surface area contributed by atoms with Crippen molar-refractivity contribution in [3.05, 3.63) is 45.4 Å². The van der Waals surface area contributed by atoms with E-state index in [1.54, 1.807) is 19.2 Å². The van der Waals surface area contributed by atoms with Crippen molar-refractivity contribution in [2.45, 2.75) is 0 Å². The maximum Gasteiger partial charge on any atom is 0.373 e. The van der Waals surface area contributed by atoms with Crippen LogP contribution in [-0.4, -0.2) is 13.1 Å². The number of ether oxygens (including phenoxy) is 1. The van der Waals surface area contributed by atoms with Crippen molar-refractivity contribution < 1.29 is 4.74 Å². The Morgan fingerprint density at radius 3 is 2.14 bits per heavy atom. The van der Waals surface area contributed by atoms with E-state index in [0.29, 0.717) is 22.1 Å². The lowest BCUT2D eigenvalue weighted by Crippen LogP contribution is -2.32. The minimum absolute atomic E-state index is 0.214. The van der Waals surface area contributed by atoms with Crippen LogP contribution in [0.4, 0.5) is 0 Å². The standard InChI is InChI=1S/C13H8Cl6OSi/c1-20-9-5-3-2-4-7(9)11-10(21(17,18)19)6-8(14)12(15)13(11)16/h2-6H,1H3. The molecule has 0 aliphatic carbocycles. The number of para-hydroxylation sites is 1. The second kappa shape index (κ2) is 6.75. The highest BCUT2D eigenvalue weighted by atomic mass is 35.8. The molecule has 21 heavy (non-hydrogen) atoms. The molecule has 0 atom stereocenters. The van der Waals surface area contributed by atoms with Crippen LogP contribution in [0.3, 0.4) is 0 Å². The molecule has 0 bridgehead atoms. The third-order valence-corrected chi connectivity index (χ3v) is 6.94. The average molecular weight is 421 g/mol. The molecule has 2 rings (SSSR count). The monoisotopic (exact) mass is 418 g/mol. The summed E-state index contributed by atoms with van der Waals surface area (Å²) in [6.07, 6.45) is 0. The Hall–Kier alpha value is 0.197. The van der Waals surface area contributed by atoms with Crippen LogP contribution >= 0.6 is 68.0 Å². The van der Waals surface area contributed by atoms with Gasteiger partial charge < -0.3 is 4.74 Å². The van der Waals surface area contributed by atoms with Gasteiger partial charge in [0.05, 0.1) is 22.2 Å². The van der Waals surface area contributed by atoms with Crippen LogP contribution in [0, 0.1) is 0 Å². The van der Waals surface area contributed by atoms with Crippen LogP contribution in [-0.2, 0) is 0 Å². The topological polar surface area (TPSA) is 9.23 Å². The molecule has 1 nitrogen and oxygen atoms in total. The van der Waals surface area contributed by atoms with E-state index in [2.05, 4.69) is 0 Å². The molecule has 0 radical (unpaired) electrons. The van der Waals surface area contributed by atoms with Crippen LogP contribution in [0.1, 0.15) is 0 Å². The van der Waals surface area contributed by atoms with Crippen LogP contribution < -0.4 is 9.92 Å². The number of methoxy groups -OCH3 is 1. The van der Waals surface area contributed by atoms with Gasteiger partial charge in [0.15, 0.2) is 0 Å². The molecule has 0 aliphatic rings. The van der Waals surface area contributed by atoms with Gasteiger partial charge in [0.2, 0.25) is 0 Å². The van der Waals surface area contributed by atoms with Crippen molar-refractivity contribution in [2.24, 2.45) is 0 Å². The first kappa shape index (κ1) is 17.5. The number of hydrogen-bond acceptors (Lipinski definition) is 1. The van der Waals surface area contributed by atoms with Gasteiger partial charge in [-0.05, 0) is 17.3 Å². The Morgan fingerprint density at radius 1 is 0.952 bits per heavy atom. The van der Waals surface area contributed by atoms with Crippen LogP contribution in [0.2, 0.25) is 15.1 Å². The highest BCUT2D eigenvalue weighted by molar-refractivity contribution is 7.69. The predicted octanol–water partition coefficient (Wildman–Crippen LogP) is 6.18. The summed E-state index contributed by atoms with van der Waals surface area (Å²) in [5.41, 5.74) is 1.23. The molecule has 0 aromatic heterocycles. The fourth-order valence-electron chi connectivity index (χ4n) is 1.93. The summed E-state index contributed by atoms with van der Waals surface area (Å²) in [5.74, 6) is 0.599. The van der Waals surface area contributed by atoms with Gasteiger partial charge in [-0.2, -0.15) is 0 Å². The third kappa shape index (κ3) is 3.58. The van der Waals surface area contributed by atoms with E-state index < -0.39 is 6.00 Å². The molecule has 0 aliphatic heterocycles. The number of halogens is 6. The Kier molecular flexibility index (Phi) is 5.64. The van der Waals surface area contributed by atoms with Gasteiger partial charge in [-0.1, -0.05) is 53.0 Å². The Labute approximate surface area is 152 Å². The molecule has 0 saturated heterocycles. The largest absolute Gasteiger partial charge is 0.496 e. The van der Waals surface area contributed by atoms with E-state index in [1.807, 2.05) is 18.2 Å². The van der Waals surface area contributed by atoms with Gasteiger partial charge in [-0.25, -0.2) is 0 Å². The zero-order valence-electron chi connectivity index (χ0n) is 10.6. The van der Waals surface area contributed by atoms with E-state index in [-0.39, 0.29) is 15.1 Å². The fourth-order valence-corrected chi connectivity index (χ4v) is 5.00. The first-order valence-corrected chi connectivity index (χ1v) is 11.8. The summed E-state index contributed by atoms with van der Waals surface area (Å²) in [7, 11) is 1.55. The highest BCUT2D eigenvalue weighted by Crippen LogP contribution is 2.42. The van der Waals surface area contributed by atoms with Crippen molar-refractivity contribution in [1.29, 1.82) is 0 Å². The molecule has 2 aromatic rings. The summed E-state index contributed by atoms with van der Waals surface area (Å²) in [5, 5.41) is 1.17. The van der Waals surface area contributed by atoms with Crippen molar-refractivity contribution in [1.82, 2.24) is 0 Å². The molecule has 0 spiro atoms. The van der Waals surface area contributed by atoms with E-state index >= 15 is 0 Å². The predicted molar refractivity (Wildman–Crippen MR) is 96.4 cm³/mol. The van der Waals surface area contributed by atoms with E-state index in [9.17, 15) is 0 Å². The molecule has 0 N–H and O–H groups in total. The minimum atomic E-state index is -3.25. The highest BCUT2D eigenvalue weighted by Gasteiger charge is 2.34. The lowest BCUT2D eigenvalue weighted by molar-refractivity contribution is 0.416. The maximum absolute atomic E-state index is 6.35. The van der Waals surface area contributed by atoms with E-state index in [0.717, 1.165) is 0 Å². The lowest BCUT2D eigenvalue weighted by Gasteiger charge is -2.19. The summed E-state index contributed by atoms with van der Waals surface area (Å²) >= 11 is 37.1. The van der Waals surface area contributed by atoms with E-state index in [1.165, 1.54) is 0 Å². The quantitative estimate of drug-likeness (QED) is 0.327. The molecular weight excluding hydrogens is 413 g/mol. The SMILES string of the molecule is COc1ccccc1-c1c([Si](Cl)(Cl)Cl)cc(Cl)c(Cl)c1Cl. The number of benzene rings is 2. The first-order chi connectivity index (χ1) is 9.77. The zero-order chi connectivity index (χ0) is 15.8. The zero-order valence-corrected chi connectivity index (χ0v) is 16.1. The molecular formula is C13H8Cl6OSi. The molecule has 0 heterocycles. The lowest BCUT2D eigenvalue weighted by atomic mass is 10.0. The van der Waals surface area contributed by atoms with Crippen LogP contribution in [0.5, 0.6) is 5.75 Å². The minimum Gasteiger partial charge on any atom is -0.496 e.